The van der Waals surface area contributed by atoms with Crippen LogP contribution < -0.4 is 0 Å². The first-order valence-electron chi connectivity index (χ1n) is 7.04. The van der Waals surface area contributed by atoms with Crippen LogP contribution in [-0.4, -0.2) is 33.4 Å². The number of hydrogen-bond acceptors (Lipinski definition) is 4. The number of amides is 1. The van der Waals surface area contributed by atoms with Gasteiger partial charge in [0.2, 0.25) is 0 Å². The number of carboxylic acids is 1. The molecular weight excluding hydrogens is 300 g/mol. The molecule has 2 heterocycles. The van der Waals surface area contributed by atoms with Gasteiger partial charge >= 0.3 is 5.97 Å². The van der Waals surface area contributed by atoms with Gasteiger partial charge in [0, 0.05) is 11.4 Å². The van der Waals surface area contributed by atoms with Crippen molar-refractivity contribution in [2.24, 2.45) is 0 Å². The van der Waals surface area contributed by atoms with E-state index in [4.69, 9.17) is 0 Å². The van der Waals surface area contributed by atoms with E-state index in [0.717, 1.165) is 15.4 Å². The number of aryl methyl sites for hydroxylation is 2. The van der Waals surface area contributed by atoms with Crippen molar-refractivity contribution in [3.8, 4) is 0 Å². The van der Waals surface area contributed by atoms with Crippen LogP contribution >= 0.6 is 11.3 Å². The molecule has 1 aliphatic heterocycles. The standard InChI is InChI=1S/C16H16N2O3S/c1-9-13(17-10(2)22-9)15(19)18-8-7-11-5-3-4-6-12(11)14(18)16(20)21/h3-6,14H,7-8H2,1-2H3,(H,20,21). The number of fused-ring (bicyclic) bond motifs is 1. The topological polar surface area (TPSA) is 70.5 Å². The van der Waals surface area contributed by atoms with Gasteiger partial charge in [-0.1, -0.05) is 24.3 Å². The van der Waals surface area contributed by atoms with Crippen LogP contribution in [0.4, 0.5) is 0 Å². The summed E-state index contributed by atoms with van der Waals surface area (Å²) in [5, 5.41) is 10.4. The SMILES string of the molecule is Cc1nc(C(=O)N2CCc3ccccc3C2C(=O)O)c(C)s1. The molecule has 1 atom stereocenters. The third kappa shape index (κ3) is 2.39. The Kier molecular flexibility index (Phi) is 3.70. The molecule has 0 spiro atoms. The number of rotatable bonds is 2. The van der Waals surface area contributed by atoms with Gasteiger partial charge in [0.1, 0.15) is 5.69 Å². The molecule has 0 aliphatic carbocycles. The highest BCUT2D eigenvalue weighted by molar-refractivity contribution is 7.11. The molecule has 3 rings (SSSR count). The summed E-state index contributed by atoms with van der Waals surface area (Å²) in [4.78, 5) is 31.0. The molecule has 22 heavy (non-hydrogen) atoms. The second-order valence-electron chi connectivity index (χ2n) is 5.33. The molecule has 1 N–H and O–H groups in total. The van der Waals surface area contributed by atoms with Crippen LogP contribution in [0.5, 0.6) is 0 Å². The van der Waals surface area contributed by atoms with Crippen molar-refractivity contribution < 1.29 is 14.7 Å². The summed E-state index contributed by atoms with van der Waals surface area (Å²) < 4.78 is 0. The molecule has 0 radical (unpaired) electrons. The van der Waals surface area contributed by atoms with Gasteiger partial charge in [-0.2, -0.15) is 0 Å². The molecule has 0 saturated heterocycles. The molecule has 1 amide bonds. The van der Waals surface area contributed by atoms with E-state index >= 15 is 0 Å². The maximum atomic E-state index is 12.8. The number of carboxylic acid groups (broad SMARTS) is 1. The average molecular weight is 316 g/mol. The van der Waals surface area contributed by atoms with E-state index in [1.165, 1.54) is 16.2 Å². The number of aliphatic carboxylic acids is 1. The lowest BCUT2D eigenvalue weighted by Crippen LogP contribution is -2.43. The maximum absolute atomic E-state index is 12.8. The number of benzene rings is 1. The van der Waals surface area contributed by atoms with Crippen molar-refractivity contribution in [2.75, 3.05) is 6.54 Å². The summed E-state index contributed by atoms with van der Waals surface area (Å²) >= 11 is 1.45. The van der Waals surface area contributed by atoms with Gasteiger partial charge in [-0.15, -0.1) is 11.3 Å². The van der Waals surface area contributed by atoms with Crippen molar-refractivity contribution in [2.45, 2.75) is 26.3 Å². The minimum Gasteiger partial charge on any atom is -0.479 e. The second-order valence-corrected chi connectivity index (χ2v) is 6.73. The predicted molar refractivity (Wildman–Crippen MR) is 83.1 cm³/mol. The van der Waals surface area contributed by atoms with Crippen LogP contribution in [-0.2, 0) is 11.2 Å². The van der Waals surface area contributed by atoms with Crippen molar-refractivity contribution in [3.05, 3.63) is 51.0 Å². The fraction of sp³-hybridized carbons (Fsp3) is 0.312. The van der Waals surface area contributed by atoms with Gasteiger partial charge in [0.05, 0.1) is 5.01 Å². The van der Waals surface area contributed by atoms with Crippen molar-refractivity contribution in [1.29, 1.82) is 0 Å². The van der Waals surface area contributed by atoms with Crippen LogP contribution in [0.15, 0.2) is 24.3 Å². The van der Waals surface area contributed by atoms with Crippen LogP contribution in [0.2, 0.25) is 0 Å². The molecule has 2 aromatic rings. The highest BCUT2D eigenvalue weighted by Gasteiger charge is 2.37. The number of hydrogen-bond donors (Lipinski definition) is 1. The molecule has 6 heteroatoms. The second kappa shape index (κ2) is 5.53. The summed E-state index contributed by atoms with van der Waals surface area (Å²) in [6.07, 6.45) is 0.661. The average Bonchev–Trinajstić information content (AvgIpc) is 2.83. The van der Waals surface area contributed by atoms with Gasteiger partial charge in [-0.05, 0) is 31.4 Å². The van der Waals surface area contributed by atoms with Crippen LogP contribution in [0.3, 0.4) is 0 Å². The molecule has 114 valence electrons. The zero-order valence-corrected chi connectivity index (χ0v) is 13.2. The molecule has 1 aromatic heterocycles. The lowest BCUT2D eigenvalue weighted by Gasteiger charge is -2.34. The van der Waals surface area contributed by atoms with Crippen LogP contribution in [0, 0.1) is 13.8 Å². The fourth-order valence-corrected chi connectivity index (χ4v) is 3.72. The van der Waals surface area contributed by atoms with Crippen molar-refractivity contribution >= 4 is 23.2 Å². The Morgan fingerprint density at radius 1 is 1.32 bits per heavy atom. The summed E-state index contributed by atoms with van der Waals surface area (Å²) in [5.41, 5.74) is 2.05. The maximum Gasteiger partial charge on any atom is 0.331 e. The van der Waals surface area contributed by atoms with E-state index in [2.05, 4.69) is 4.98 Å². The summed E-state index contributed by atoms with van der Waals surface area (Å²) in [6, 6.07) is 6.46. The van der Waals surface area contributed by atoms with Crippen LogP contribution in [0.25, 0.3) is 0 Å². The first kappa shape index (κ1) is 14.7. The predicted octanol–water partition coefficient (Wildman–Crippen LogP) is 2.58. The molecule has 1 aliphatic rings. The molecule has 0 saturated carbocycles. The van der Waals surface area contributed by atoms with Gasteiger partial charge in [0.25, 0.3) is 5.91 Å². The Hall–Kier alpha value is -2.21. The lowest BCUT2D eigenvalue weighted by molar-refractivity contribution is -0.143. The van der Waals surface area contributed by atoms with E-state index in [9.17, 15) is 14.7 Å². The zero-order valence-electron chi connectivity index (χ0n) is 12.4. The van der Waals surface area contributed by atoms with Gasteiger partial charge < -0.3 is 10.0 Å². The summed E-state index contributed by atoms with van der Waals surface area (Å²) in [7, 11) is 0. The number of nitrogens with zero attached hydrogens (tertiary/aromatic N) is 2. The molecule has 0 bridgehead atoms. The monoisotopic (exact) mass is 316 g/mol. The third-order valence-electron chi connectivity index (χ3n) is 3.88. The minimum atomic E-state index is -1.01. The first-order chi connectivity index (χ1) is 10.5. The Morgan fingerprint density at radius 3 is 2.68 bits per heavy atom. The molecule has 1 aromatic carbocycles. The number of thiazole rings is 1. The Balaban J connectivity index is 2.02. The summed E-state index contributed by atoms with van der Waals surface area (Å²) in [6.45, 7) is 4.07. The van der Waals surface area contributed by atoms with Gasteiger partial charge in [0.15, 0.2) is 6.04 Å². The normalized spacial score (nSPS) is 17.2. The van der Waals surface area contributed by atoms with Crippen molar-refractivity contribution in [1.82, 2.24) is 9.88 Å². The summed E-state index contributed by atoms with van der Waals surface area (Å²) in [5.74, 6) is -1.31. The largest absolute Gasteiger partial charge is 0.479 e. The zero-order chi connectivity index (χ0) is 15.9. The molecule has 5 nitrogen and oxygen atoms in total. The van der Waals surface area contributed by atoms with Gasteiger partial charge in [-0.3, -0.25) is 4.79 Å². The minimum absolute atomic E-state index is 0.302. The number of carbonyl (C=O) groups excluding carboxylic acids is 1. The molecule has 1 unspecified atom stereocenters. The van der Waals surface area contributed by atoms with E-state index in [-0.39, 0.29) is 5.91 Å². The highest BCUT2D eigenvalue weighted by atomic mass is 32.1. The Labute approximate surface area is 132 Å². The Morgan fingerprint density at radius 2 is 2.05 bits per heavy atom. The fourth-order valence-electron chi connectivity index (χ4n) is 2.91. The lowest BCUT2D eigenvalue weighted by atomic mass is 9.92. The quantitative estimate of drug-likeness (QED) is 0.924. The smallest absolute Gasteiger partial charge is 0.331 e. The van der Waals surface area contributed by atoms with E-state index in [1.807, 2.05) is 26.0 Å². The molecule has 0 fully saturated rings. The highest BCUT2D eigenvalue weighted by Crippen LogP contribution is 2.32. The number of carbonyl (C=O) groups is 2. The van der Waals surface area contributed by atoms with Crippen LogP contribution in [0.1, 0.15) is 37.5 Å². The first-order valence-corrected chi connectivity index (χ1v) is 7.86. The Bertz CT molecular complexity index is 754. The van der Waals surface area contributed by atoms with E-state index < -0.39 is 12.0 Å². The van der Waals surface area contributed by atoms with Gasteiger partial charge in [-0.25, -0.2) is 9.78 Å². The van der Waals surface area contributed by atoms with E-state index in [0.29, 0.717) is 24.2 Å². The number of aromatic nitrogens is 1. The molecular formula is C16H16N2O3S. The van der Waals surface area contributed by atoms with Crippen molar-refractivity contribution in [3.63, 3.8) is 0 Å². The van der Waals surface area contributed by atoms with E-state index in [1.54, 1.807) is 12.1 Å². The third-order valence-corrected chi connectivity index (χ3v) is 4.77.